The van der Waals surface area contributed by atoms with E-state index in [-0.39, 0.29) is 11.0 Å². The zero-order valence-corrected chi connectivity index (χ0v) is 10.9. The topological polar surface area (TPSA) is 55.0 Å². The molecule has 0 atom stereocenters. The predicted octanol–water partition coefficient (Wildman–Crippen LogP) is 2.42. The lowest BCUT2D eigenvalue weighted by Gasteiger charge is -2.11. The zero-order valence-electron chi connectivity index (χ0n) is 10.9. The van der Waals surface area contributed by atoms with Crippen molar-refractivity contribution < 1.29 is 4.74 Å². The van der Waals surface area contributed by atoms with Gasteiger partial charge in [0, 0.05) is 23.6 Å². The summed E-state index contributed by atoms with van der Waals surface area (Å²) in [5.74, 6) is 0.797. The Balaban J connectivity index is 2.47. The molecule has 0 aliphatic rings. The molecule has 0 radical (unpaired) electrons. The van der Waals surface area contributed by atoms with Gasteiger partial charge in [0.2, 0.25) is 0 Å². The number of nitriles is 1. The molecule has 0 amide bonds. The molecule has 2 rings (SSSR count). The number of rotatable bonds is 3. The molecule has 1 aromatic heterocycles. The Morgan fingerprint density at radius 3 is 2.58 bits per heavy atom. The normalized spacial score (nSPS) is 9.95. The van der Waals surface area contributed by atoms with E-state index in [0.29, 0.717) is 6.61 Å². The van der Waals surface area contributed by atoms with Gasteiger partial charge < -0.3 is 9.30 Å². The number of pyridine rings is 1. The summed E-state index contributed by atoms with van der Waals surface area (Å²) < 4.78 is 7.19. The van der Waals surface area contributed by atoms with Crippen molar-refractivity contribution in [1.82, 2.24) is 4.57 Å². The lowest BCUT2D eigenvalue weighted by Crippen LogP contribution is -2.11. The fraction of sp³-hybridized carbons (Fsp3) is 0.200. The third-order valence-electron chi connectivity index (χ3n) is 2.79. The van der Waals surface area contributed by atoms with Gasteiger partial charge >= 0.3 is 0 Å². The van der Waals surface area contributed by atoms with Gasteiger partial charge in [-0.15, -0.1) is 0 Å². The highest BCUT2D eigenvalue weighted by Crippen LogP contribution is 2.16. The summed E-state index contributed by atoms with van der Waals surface area (Å²) >= 11 is 0. The van der Waals surface area contributed by atoms with Crippen molar-refractivity contribution in [2.24, 2.45) is 0 Å². The van der Waals surface area contributed by atoms with Crippen molar-refractivity contribution >= 4 is 0 Å². The van der Waals surface area contributed by atoms with Crippen LogP contribution in [0.2, 0.25) is 0 Å². The number of aromatic nitrogens is 1. The lowest BCUT2D eigenvalue weighted by molar-refractivity contribution is 0.340. The van der Waals surface area contributed by atoms with Gasteiger partial charge in [-0.1, -0.05) is 0 Å². The van der Waals surface area contributed by atoms with Gasteiger partial charge in [0.25, 0.3) is 0 Å². The molecule has 1 heterocycles. The van der Waals surface area contributed by atoms with E-state index < -0.39 is 0 Å². The van der Waals surface area contributed by atoms with Crippen LogP contribution in [0, 0.1) is 18.3 Å². The van der Waals surface area contributed by atoms with Crippen LogP contribution in [0.25, 0.3) is 5.69 Å². The van der Waals surface area contributed by atoms with E-state index in [0.717, 1.165) is 17.1 Å². The molecule has 1 aromatic carbocycles. The average Bonchev–Trinajstić information content (AvgIpc) is 2.41. The Bertz CT molecular complexity index is 679. The first-order chi connectivity index (χ1) is 9.15. The molecule has 4 heteroatoms. The van der Waals surface area contributed by atoms with Crippen molar-refractivity contribution in [3.8, 4) is 17.5 Å². The smallest absolute Gasteiger partial charge is 0.199 e. The zero-order chi connectivity index (χ0) is 13.8. The molecular formula is C15H14N2O2. The molecule has 0 unspecified atom stereocenters. The maximum atomic E-state index is 11.5. The van der Waals surface area contributed by atoms with Crippen LogP contribution in [0.15, 0.2) is 41.3 Å². The molecule has 0 aliphatic heterocycles. The summed E-state index contributed by atoms with van der Waals surface area (Å²) in [6.45, 7) is 4.38. The molecule has 0 aliphatic carbocycles. The molecule has 19 heavy (non-hydrogen) atoms. The van der Waals surface area contributed by atoms with Crippen LogP contribution in [0.5, 0.6) is 5.75 Å². The summed E-state index contributed by atoms with van der Waals surface area (Å²) in [5.41, 5.74) is 1.56. The van der Waals surface area contributed by atoms with Crippen molar-refractivity contribution in [1.29, 1.82) is 5.26 Å². The van der Waals surface area contributed by atoms with Crippen LogP contribution in [-0.2, 0) is 0 Å². The molecule has 0 spiro atoms. The second-order valence-corrected chi connectivity index (χ2v) is 4.10. The van der Waals surface area contributed by atoms with Gasteiger partial charge in [0.05, 0.1) is 6.61 Å². The summed E-state index contributed by atoms with van der Waals surface area (Å²) in [4.78, 5) is 11.5. The lowest BCUT2D eigenvalue weighted by atomic mass is 10.2. The number of benzene rings is 1. The van der Waals surface area contributed by atoms with Gasteiger partial charge in [0.15, 0.2) is 5.43 Å². The number of nitrogens with zero attached hydrogens (tertiary/aromatic N) is 2. The van der Waals surface area contributed by atoms with E-state index in [1.807, 2.05) is 48.7 Å². The Morgan fingerprint density at radius 1 is 1.32 bits per heavy atom. The van der Waals surface area contributed by atoms with Crippen LogP contribution in [0.1, 0.15) is 18.2 Å². The Hall–Kier alpha value is -2.54. The third-order valence-corrected chi connectivity index (χ3v) is 2.79. The van der Waals surface area contributed by atoms with Gasteiger partial charge in [0.1, 0.15) is 17.4 Å². The Morgan fingerprint density at radius 2 is 2.00 bits per heavy atom. The fourth-order valence-electron chi connectivity index (χ4n) is 1.86. The van der Waals surface area contributed by atoms with Crippen LogP contribution in [-0.4, -0.2) is 11.2 Å². The first-order valence-corrected chi connectivity index (χ1v) is 6.02. The second kappa shape index (κ2) is 5.40. The molecule has 0 saturated carbocycles. The SMILES string of the molecule is CCOc1ccc(-n2cc(C#N)c(=O)cc2C)cc1. The summed E-state index contributed by atoms with van der Waals surface area (Å²) in [6, 6.07) is 10.9. The van der Waals surface area contributed by atoms with Crippen LogP contribution >= 0.6 is 0 Å². The molecule has 0 fully saturated rings. The summed E-state index contributed by atoms with van der Waals surface area (Å²) in [5, 5.41) is 8.91. The number of hydrogen-bond acceptors (Lipinski definition) is 3. The van der Waals surface area contributed by atoms with Crippen LogP contribution in [0.4, 0.5) is 0 Å². The largest absolute Gasteiger partial charge is 0.494 e. The quantitative estimate of drug-likeness (QED) is 0.845. The molecule has 0 saturated heterocycles. The monoisotopic (exact) mass is 254 g/mol. The van der Waals surface area contributed by atoms with Crippen LogP contribution in [0.3, 0.4) is 0 Å². The predicted molar refractivity (Wildman–Crippen MR) is 72.7 cm³/mol. The summed E-state index contributed by atoms with van der Waals surface area (Å²) in [6.07, 6.45) is 1.56. The van der Waals surface area contributed by atoms with Gasteiger partial charge in [-0.25, -0.2) is 0 Å². The highest BCUT2D eigenvalue weighted by atomic mass is 16.5. The Kier molecular flexibility index (Phi) is 3.67. The minimum atomic E-state index is -0.248. The van der Waals surface area contributed by atoms with E-state index in [9.17, 15) is 4.79 Å². The molecular weight excluding hydrogens is 240 g/mol. The van der Waals surface area contributed by atoms with E-state index in [4.69, 9.17) is 10.00 Å². The van der Waals surface area contributed by atoms with Crippen molar-refractivity contribution in [3.05, 3.63) is 58.0 Å². The van der Waals surface area contributed by atoms with E-state index >= 15 is 0 Å². The van der Waals surface area contributed by atoms with Gasteiger partial charge in [-0.2, -0.15) is 5.26 Å². The van der Waals surface area contributed by atoms with Crippen LogP contribution < -0.4 is 10.2 Å². The third kappa shape index (κ3) is 2.66. The highest BCUT2D eigenvalue weighted by molar-refractivity contribution is 5.41. The molecule has 4 nitrogen and oxygen atoms in total. The minimum absolute atomic E-state index is 0.138. The first-order valence-electron chi connectivity index (χ1n) is 6.02. The van der Waals surface area contributed by atoms with E-state index in [1.54, 1.807) is 6.20 Å². The number of aryl methyl sites for hydroxylation is 1. The number of ether oxygens (including phenoxy) is 1. The highest BCUT2D eigenvalue weighted by Gasteiger charge is 2.05. The van der Waals surface area contributed by atoms with E-state index in [1.165, 1.54) is 6.07 Å². The molecule has 96 valence electrons. The second-order valence-electron chi connectivity index (χ2n) is 4.10. The first kappa shape index (κ1) is 12.9. The maximum absolute atomic E-state index is 11.5. The average molecular weight is 254 g/mol. The summed E-state index contributed by atoms with van der Waals surface area (Å²) in [7, 11) is 0. The van der Waals surface area contributed by atoms with Crippen molar-refractivity contribution in [2.45, 2.75) is 13.8 Å². The number of hydrogen-bond donors (Lipinski definition) is 0. The van der Waals surface area contributed by atoms with Crippen molar-refractivity contribution in [2.75, 3.05) is 6.61 Å². The standard InChI is InChI=1S/C15H14N2O2/c1-3-19-14-6-4-13(5-7-14)17-10-12(9-16)15(18)8-11(17)2/h4-8,10H,3H2,1-2H3. The minimum Gasteiger partial charge on any atom is -0.494 e. The van der Waals surface area contributed by atoms with Gasteiger partial charge in [-0.3, -0.25) is 4.79 Å². The van der Waals surface area contributed by atoms with E-state index in [2.05, 4.69) is 0 Å². The van der Waals surface area contributed by atoms with Gasteiger partial charge in [-0.05, 0) is 38.1 Å². The maximum Gasteiger partial charge on any atom is 0.199 e. The molecule has 0 N–H and O–H groups in total. The van der Waals surface area contributed by atoms with Crippen molar-refractivity contribution in [3.63, 3.8) is 0 Å². The molecule has 0 bridgehead atoms. The fourth-order valence-corrected chi connectivity index (χ4v) is 1.86. The Labute approximate surface area is 111 Å². The molecule has 2 aromatic rings.